The molecule has 51 heavy (non-hydrogen) atoms. The number of carbonyl (C=O) groups is 2. The van der Waals surface area contributed by atoms with Crippen molar-refractivity contribution in [2.24, 2.45) is 11.8 Å². The molecule has 2 saturated carbocycles. The van der Waals surface area contributed by atoms with E-state index in [1.165, 1.54) is 32.8 Å². The topological polar surface area (TPSA) is 125 Å². The fraction of sp³-hybridized carbons (Fsp3) is 0.268. The van der Waals surface area contributed by atoms with E-state index in [1.54, 1.807) is 24.5 Å². The van der Waals surface area contributed by atoms with Crippen molar-refractivity contribution in [1.82, 2.24) is 29.5 Å². The van der Waals surface area contributed by atoms with Gasteiger partial charge in [0.1, 0.15) is 0 Å². The zero-order chi connectivity index (χ0) is 35.5. The van der Waals surface area contributed by atoms with Crippen LogP contribution in [0.15, 0.2) is 97.6 Å². The van der Waals surface area contributed by atoms with Crippen molar-refractivity contribution in [2.45, 2.75) is 52.6 Å². The number of hydrogen-bond acceptors (Lipinski definition) is 7. The second-order valence-electron chi connectivity index (χ2n) is 13.5. The van der Waals surface area contributed by atoms with E-state index in [-0.39, 0.29) is 11.5 Å². The van der Waals surface area contributed by atoms with Crippen LogP contribution in [0.5, 0.6) is 0 Å². The predicted molar refractivity (Wildman–Crippen MR) is 195 cm³/mol. The van der Waals surface area contributed by atoms with Gasteiger partial charge in [0.2, 0.25) is 0 Å². The first kappa shape index (κ1) is 33.6. The summed E-state index contributed by atoms with van der Waals surface area (Å²) in [6.45, 7) is 5.79. The van der Waals surface area contributed by atoms with E-state index in [0.29, 0.717) is 11.5 Å². The second kappa shape index (κ2) is 14.5. The Morgan fingerprint density at radius 1 is 0.667 bits per heavy atom. The highest BCUT2D eigenvalue weighted by Gasteiger charge is 2.25. The molecular weight excluding hydrogens is 640 g/mol. The molecule has 258 valence electrons. The van der Waals surface area contributed by atoms with Crippen molar-refractivity contribution < 1.29 is 19.4 Å². The van der Waals surface area contributed by atoms with Gasteiger partial charge in [0.15, 0.2) is 0 Å². The van der Waals surface area contributed by atoms with Gasteiger partial charge in [0.25, 0.3) is 0 Å². The third-order valence-electron chi connectivity index (χ3n) is 9.23. The van der Waals surface area contributed by atoms with Crippen LogP contribution in [-0.4, -0.2) is 53.7 Å². The molecule has 4 heterocycles. The fourth-order valence-corrected chi connectivity index (χ4v) is 6.02. The number of rotatable bonds is 10. The van der Waals surface area contributed by atoms with Gasteiger partial charge in [-0.3, -0.25) is 19.3 Å². The Bertz CT molecular complexity index is 2180. The van der Waals surface area contributed by atoms with Crippen molar-refractivity contribution in [1.29, 1.82) is 0 Å². The lowest BCUT2D eigenvalue weighted by atomic mass is 10.0. The van der Waals surface area contributed by atoms with Crippen LogP contribution in [0.3, 0.4) is 0 Å². The summed E-state index contributed by atoms with van der Waals surface area (Å²) in [5.41, 5.74) is 9.99. The van der Waals surface area contributed by atoms with Gasteiger partial charge < -0.3 is 9.84 Å². The Morgan fingerprint density at radius 3 is 1.53 bits per heavy atom. The summed E-state index contributed by atoms with van der Waals surface area (Å²) in [5, 5.41) is 18.4. The van der Waals surface area contributed by atoms with E-state index in [9.17, 15) is 14.7 Å². The Morgan fingerprint density at radius 2 is 1.12 bits per heavy atom. The van der Waals surface area contributed by atoms with Crippen molar-refractivity contribution in [3.05, 3.63) is 120 Å². The Hall–Kier alpha value is -5.90. The number of carbonyl (C=O) groups excluding carboxylic acids is 1. The average Bonchev–Trinajstić information content (AvgIpc) is 4.05. The summed E-state index contributed by atoms with van der Waals surface area (Å²) in [4.78, 5) is 32.7. The van der Waals surface area contributed by atoms with Crippen molar-refractivity contribution in [3.63, 3.8) is 0 Å². The maximum absolute atomic E-state index is 12.2. The molecule has 0 saturated heterocycles. The molecule has 0 atom stereocenters. The third-order valence-corrected chi connectivity index (χ3v) is 9.23. The molecule has 8 rings (SSSR count). The molecule has 0 radical (unpaired) electrons. The molecule has 6 aromatic rings. The number of hydrogen-bond donors (Lipinski definition) is 1. The van der Waals surface area contributed by atoms with E-state index in [0.717, 1.165) is 75.2 Å². The number of nitrogens with zero attached hydrogens (tertiary/aromatic N) is 6. The molecule has 10 nitrogen and oxygen atoms in total. The summed E-state index contributed by atoms with van der Waals surface area (Å²) in [5.74, 6) is 0.118. The lowest BCUT2D eigenvalue weighted by molar-refractivity contribution is 0.0600. The van der Waals surface area contributed by atoms with E-state index >= 15 is 0 Å². The van der Waals surface area contributed by atoms with Crippen LogP contribution in [0.4, 0.5) is 0 Å². The number of carboxylic acids is 1. The van der Waals surface area contributed by atoms with Gasteiger partial charge in [-0.15, -0.1) is 0 Å². The summed E-state index contributed by atoms with van der Waals surface area (Å²) < 4.78 is 8.95. The van der Waals surface area contributed by atoms with Crippen LogP contribution >= 0.6 is 0 Å². The van der Waals surface area contributed by atoms with Crippen LogP contribution in [0.25, 0.3) is 45.0 Å². The first-order valence-corrected chi connectivity index (χ1v) is 17.3. The zero-order valence-corrected chi connectivity index (χ0v) is 29.0. The minimum Gasteiger partial charge on any atom is -0.478 e. The van der Waals surface area contributed by atoms with Crippen molar-refractivity contribution >= 4 is 11.9 Å². The molecule has 0 spiro atoms. The smallest absolute Gasteiger partial charge is 0.337 e. The Kier molecular flexibility index (Phi) is 9.57. The standard InChI is InChI=1S/C21H21N3O2.C20H19N3O2/c1-14-3-6-19(22-12-14)16-9-17(11-18(10-16)21(25)26-2)20-7-8-23-24(20)13-15-4-5-15;1-13-2-5-18(21-11-13)15-8-16(10-17(9-15)20(24)25)19-6-7-22-23(19)12-14-3-4-14/h3,6-12,15H,4-5,13H2,1-2H3;2,5-11,14H,3-4,12H2,1H3,(H,24,25). The lowest BCUT2D eigenvalue weighted by Gasteiger charge is -2.11. The molecule has 0 unspecified atom stereocenters. The molecule has 1 N–H and O–H groups in total. The minimum atomic E-state index is -0.941. The number of carboxylic acid groups (broad SMARTS) is 1. The van der Waals surface area contributed by atoms with Crippen LogP contribution < -0.4 is 0 Å². The van der Waals surface area contributed by atoms with Crippen LogP contribution in [0, 0.1) is 25.7 Å². The molecule has 2 aliphatic carbocycles. The first-order valence-electron chi connectivity index (χ1n) is 17.3. The Balaban J connectivity index is 0.000000159. The fourth-order valence-electron chi connectivity index (χ4n) is 6.02. The maximum Gasteiger partial charge on any atom is 0.337 e. The van der Waals surface area contributed by atoms with Crippen LogP contribution in [-0.2, 0) is 17.8 Å². The summed E-state index contributed by atoms with van der Waals surface area (Å²) in [6, 6.07) is 22.9. The van der Waals surface area contributed by atoms with Crippen molar-refractivity contribution in [3.8, 4) is 45.0 Å². The molecular formula is C41H40N6O4. The number of aromatic nitrogens is 6. The van der Waals surface area contributed by atoms with Gasteiger partial charge in [-0.05, 0) is 123 Å². The van der Waals surface area contributed by atoms with Crippen LogP contribution in [0.1, 0.15) is 57.5 Å². The highest BCUT2D eigenvalue weighted by Crippen LogP contribution is 2.35. The number of aryl methyl sites for hydroxylation is 2. The summed E-state index contributed by atoms with van der Waals surface area (Å²) in [6.07, 6.45) is 12.2. The quantitative estimate of drug-likeness (QED) is 0.144. The largest absolute Gasteiger partial charge is 0.478 e. The van der Waals surface area contributed by atoms with E-state index in [2.05, 4.69) is 26.2 Å². The highest BCUT2D eigenvalue weighted by molar-refractivity contribution is 5.93. The van der Waals surface area contributed by atoms with E-state index in [1.807, 2.05) is 90.2 Å². The molecule has 0 bridgehead atoms. The lowest BCUT2D eigenvalue weighted by Crippen LogP contribution is -2.06. The molecule has 10 heteroatoms. The number of aromatic carboxylic acids is 1. The monoisotopic (exact) mass is 680 g/mol. The number of pyridine rings is 2. The second-order valence-corrected chi connectivity index (χ2v) is 13.5. The van der Waals surface area contributed by atoms with E-state index < -0.39 is 5.97 Å². The number of methoxy groups -OCH3 is 1. The third kappa shape index (κ3) is 8.12. The number of benzene rings is 2. The minimum absolute atomic E-state index is 0.258. The van der Waals surface area contributed by atoms with Crippen molar-refractivity contribution in [2.75, 3.05) is 7.11 Å². The van der Waals surface area contributed by atoms with Gasteiger partial charge in [-0.1, -0.05) is 12.1 Å². The maximum atomic E-state index is 12.2. The Labute approximate surface area is 296 Å². The normalized spacial score (nSPS) is 13.7. The van der Waals surface area contributed by atoms with Gasteiger partial charge >= 0.3 is 11.9 Å². The van der Waals surface area contributed by atoms with Crippen LogP contribution in [0.2, 0.25) is 0 Å². The molecule has 4 aromatic heterocycles. The van der Waals surface area contributed by atoms with E-state index in [4.69, 9.17) is 4.74 Å². The average molecular weight is 681 g/mol. The molecule has 2 aliphatic rings. The van der Waals surface area contributed by atoms with Gasteiger partial charge in [0, 0.05) is 60.1 Å². The zero-order valence-electron chi connectivity index (χ0n) is 29.0. The first-order chi connectivity index (χ1) is 24.7. The number of esters is 1. The van der Waals surface area contributed by atoms with Gasteiger partial charge in [-0.2, -0.15) is 10.2 Å². The van der Waals surface area contributed by atoms with Gasteiger partial charge in [0.05, 0.1) is 41.0 Å². The molecule has 0 aliphatic heterocycles. The molecule has 2 fully saturated rings. The SMILES string of the molecule is COC(=O)c1cc(-c2ccc(C)cn2)cc(-c2ccnn2CC2CC2)c1.Cc1ccc(-c2cc(C(=O)O)cc(-c3ccnn3CC3CC3)c2)nc1. The molecule has 0 amide bonds. The number of ether oxygens (including phenoxy) is 1. The highest BCUT2D eigenvalue weighted by atomic mass is 16.5. The van der Waals surface area contributed by atoms with Gasteiger partial charge in [-0.25, -0.2) is 9.59 Å². The molecule has 2 aromatic carbocycles. The summed E-state index contributed by atoms with van der Waals surface area (Å²) >= 11 is 0. The summed E-state index contributed by atoms with van der Waals surface area (Å²) in [7, 11) is 1.40. The predicted octanol–water partition coefficient (Wildman–Crippen LogP) is 8.15.